The first-order chi connectivity index (χ1) is 14.6. The number of aryl methyl sites for hydroxylation is 1. The van der Waals surface area contributed by atoms with Crippen LogP contribution in [0.15, 0.2) is 77.3 Å². The second-order valence-corrected chi connectivity index (χ2v) is 8.32. The zero-order chi connectivity index (χ0) is 21.3. The molecule has 0 spiro atoms. The summed E-state index contributed by atoms with van der Waals surface area (Å²) in [5, 5.41) is 3.56. The first-order valence-electron chi connectivity index (χ1n) is 10.4. The van der Waals surface area contributed by atoms with Crippen LogP contribution in [0, 0.1) is 0 Å². The van der Waals surface area contributed by atoms with Crippen molar-refractivity contribution in [1.82, 2.24) is 0 Å². The minimum atomic E-state index is -0.116. The summed E-state index contributed by atoms with van der Waals surface area (Å²) in [4.78, 5) is 13.0. The molecule has 1 N–H and O–H groups in total. The maximum Gasteiger partial charge on any atom is 0.165 e. The van der Waals surface area contributed by atoms with Crippen molar-refractivity contribution >= 4 is 27.4 Å². The molecule has 0 saturated carbocycles. The van der Waals surface area contributed by atoms with E-state index in [1.807, 2.05) is 36.4 Å². The Hall–Kier alpha value is -2.59. The fourth-order valence-electron chi connectivity index (χ4n) is 3.38. The van der Waals surface area contributed by atoms with Gasteiger partial charge in [-0.1, -0.05) is 53.5 Å². The first kappa shape index (κ1) is 22.1. The number of nitrogens with one attached hydrogen (secondary N) is 1. The van der Waals surface area contributed by atoms with E-state index in [1.54, 1.807) is 7.11 Å². The van der Waals surface area contributed by atoms with Crippen LogP contribution in [0.2, 0.25) is 0 Å². The number of ketones is 1. The van der Waals surface area contributed by atoms with Gasteiger partial charge in [-0.2, -0.15) is 0 Å². The maximum atomic E-state index is 13.0. The quantitative estimate of drug-likeness (QED) is 0.321. The van der Waals surface area contributed by atoms with Crippen LogP contribution < -0.4 is 10.1 Å². The van der Waals surface area contributed by atoms with Crippen LogP contribution in [0.25, 0.3) is 0 Å². The van der Waals surface area contributed by atoms with Crippen LogP contribution in [0.5, 0.6) is 5.75 Å². The SMILES string of the molecule is CCCCc1ccc(NC(CC(=O)c2ccc(OC)cc2)c2ccc(Br)cc2)cc1. The predicted molar refractivity (Wildman–Crippen MR) is 128 cm³/mol. The van der Waals surface area contributed by atoms with Gasteiger partial charge in [-0.25, -0.2) is 0 Å². The molecule has 0 aliphatic rings. The summed E-state index contributed by atoms with van der Waals surface area (Å²) < 4.78 is 6.22. The van der Waals surface area contributed by atoms with Crippen molar-refractivity contribution in [3.63, 3.8) is 0 Å². The molecule has 0 saturated heterocycles. The number of benzene rings is 3. The molecule has 1 atom stereocenters. The Balaban J connectivity index is 1.77. The van der Waals surface area contributed by atoms with E-state index < -0.39 is 0 Å². The zero-order valence-electron chi connectivity index (χ0n) is 17.5. The number of methoxy groups -OCH3 is 1. The van der Waals surface area contributed by atoms with Gasteiger partial charge >= 0.3 is 0 Å². The van der Waals surface area contributed by atoms with Gasteiger partial charge in [0.25, 0.3) is 0 Å². The zero-order valence-corrected chi connectivity index (χ0v) is 19.1. The van der Waals surface area contributed by atoms with Gasteiger partial charge in [0.1, 0.15) is 5.75 Å². The molecule has 0 fully saturated rings. The number of hydrogen-bond acceptors (Lipinski definition) is 3. The van der Waals surface area contributed by atoms with Crippen molar-refractivity contribution < 1.29 is 9.53 Å². The largest absolute Gasteiger partial charge is 0.497 e. The van der Waals surface area contributed by atoms with Gasteiger partial charge in [-0.3, -0.25) is 4.79 Å². The number of hydrogen-bond donors (Lipinski definition) is 1. The molecule has 156 valence electrons. The molecule has 3 rings (SSSR count). The van der Waals surface area contributed by atoms with Crippen molar-refractivity contribution in [2.75, 3.05) is 12.4 Å². The van der Waals surface area contributed by atoms with Gasteiger partial charge in [0.2, 0.25) is 0 Å². The Morgan fingerprint density at radius 2 is 1.63 bits per heavy atom. The summed E-state index contributed by atoms with van der Waals surface area (Å²) in [6.45, 7) is 2.21. The molecule has 0 aliphatic heterocycles. The lowest BCUT2D eigenvalue weighted by atomic mass is 9.97. The highest BCUT2D eigenvalue weighted by atomic mass is 79.9. The summed E-state index contributed by atoms with van der Waals surface area (Å²) in [6.07, 6.45) is 3.86. The monoisotopic (exact) mass is 465 g/mol. The molecule has 30 heavy (non-hydrogen) atoms. The normalized spacial score (nSPS) is 11.7. The Labute approximate surface area is 187 Å². The molecule has 0 bridgehead atoms. The molecule has 1 unspecified atom stereocenters. The lowest BCUT2D eigenvalue weighted by Gasteiger charge is -2.20. The molecule has 0 radical (unpaired) electrons. The second kappa shape index (κ2) is 11.0. The minimum absolute atomic E-state index is 0.0950. The Kier molecular flexibility index (Phi) is 8.09. The highest BCUT2D eigenvalue weighted by molar-refractivity contribution is 9.10. The lowest BCUT2D eigenvalue weighted by molar-refractivity contribution is 0.0976. The molecule has 0 amide bonds. The standard InChI is InChI=1S/C26H28BrNO2/c1-3-4-5-19-6-14-23(15-7-19)28-25(20-8-12-22(27)13-9-20)18-26(29)21-10-16-24(30-2)17-11-21/h6-17,25,28H,3-5,18H2,1-2H3. The third kappa shape index (κ3) is 6.20. The number of Topliss-reactive ketones (excluding diaryl/α,β-unsaturated/α-hetero) is 1. The van der Waals surface area contributed by atoms with Crippen LogP contribution in [0.4, 0.5) is 5.69 Å². The molecule has 3 nitrogen and oxygen atoms in total. The molecule has 0 aromatic heterocycles. The van der Waals surface area contributed by atoms with E-state index >= 15 is 0 Å². The van der Waals surface area contributed by atoms with Crippen molar-refractivity contribution in [1.29, 1.82) is 0 Å². The average Bonchev–Trinajstić information content (AvgIpc) is 2.78. The van der Waals surface area contributed by atoms with Crippen LogP contribution in [0.1, 0.15) is 53.7 Å². The molecular weight excluding hydrogens is 438 g/mol. The molecule has 3 aromatic rings. The van der Waals surface area contributed by atoms with E-state index in [-0.39, 0.29) is 11.8 Å². The van der Waals surface area contributed by atoms with Crippen molar-refractivity contribution in [3.05, 3.63) is 94.0 Å². The van der Waals surface area contributed by atoms with Gasteiger partial charge < -0.3 is 10.1 Å². The fraction of sp³-hybridized carbons (Fsp3) is 0.269. The number of unbranched alkanes of at least 4 members (excludes halogenated alkanes) is 1. The summed E-state index contributed by atoms with van der Waals surface area (Å²) >= 11 is 3.49. The smallest absolute Gasteiger partial charge is 0.165 e. The van der Waals surface area contributed by atoms with Gasteiger partial charge in [0.05, 0.1) is 13.2 Å². The third-order valence-electron chi connectivity index (χ3n) is 5.19. The van der Waals surface area contributed by atoms with Crippen molar-refractivity contribution in [2.24, 2.45) is 0 Å². The Morgan fingerprint density at radius 3 is 2.23 bits per heavy atom. The Morgan fingerprint density at radius 1 is 0.967 bits per heavy atom. The topological polar surface area (TPSA) is 38.3 Å². The van der Waals surface area contributed by atoms with Gasteiger partial charge in [-0.15, -0.1) is 0 Å². The second-order valence-electron chi connectivity index (χ2n) is 7.40. The Bertz CT molecular complexity index is 934. The maximum absolute atomic E-state index is 13.0. The molecular formula is C26H28BrNO2. The summed E-state index contributed by atoms with van der Waals surface area (Å²) in [5.74, 6) is 0.843. The number of carbonyl (C=O) groups excluding carboxylic acids is 1. The van der Waals surface area contributed by atoms with Gasteiger partial charge in [0.15, 0.2) is 5.78 Å². The first-order valence-corrected chi connectivity index (χ1v) is 11.2. The number of carbonyl (C=O) groups is 1. The van der Waals surface area contributed by atoms with E-state index in [4.69, 9.17) is 4.74 Å². The molecule has 3 aromatic carbocycles. The van der Waals surface area contributed by atoms with E-state index in [1.165, 1.54) is 18.4 Å². The summed E-state index contributed by atoms with van der Waals surface area (Å²) in [5.41, 5.74) is 4.13. The number of ether oxygens (including phenoxy) is 1. The highest BCUT2D eigenvalue weighted by Gasteiger charge is 2.18. The van der Waals surface area contributed by atoms with E-state index in [0.717, 1.165) is 27.9 Å². The van der Waals surface area contributed by atoms with Crippen molar-refractivity contribution in [3.8, 4) is 5.75 Å². The van der Waals surface area contributed by atoms with E-state index in [0.29, 0.717) is 12.0 Å². The van der Waals surface area contributed by atoms with Gasteiger partial charge in [0, 0.05) is 22.1 Å². The average molecular weight is 466 g/mol. The van der Waals surface area contributed by atoms with E-state index in [9.17, 15) is 4.79 Å². The fourth-order valence-corrected chi connectivity index (χ4v) is 3.64. The highest BCUT2D eigenvalue weighted by Crippen LogP contribution is 2.27. The molecule has 4 heteroatoms. The van der Waals surface area contributed by atoms with Crippen LogP contribution in [0.3, 0.4) is 0 Å². The number of anilines is 1. The van der Waals surface area contributed by atoms with Crippen LogP contribution >= 0.6 is 15.9 Å². The third-order valence-corrected chi connectivity index (χ3v) is 5.72. The van der Waals surface area contributed by atoms with E-state index in [2.05, 4.69) is 64.6 Å². The van der Waals surface area contributed by atoms with Crippen LogP contribution in [-0.4, -0.2) is 12.9 Å². The predicted octanol–water partition coefficient (Wildman–Crippen LogP) is 7.23. The summed E-state index contributed by atoms with van der Waals surface area (Å²) in [7, 11) is 1.62. The van der Waals surface area contributed by atoms with Crippen molar-refractivity contribution in [2.45, 2.75) is 38.6 Å². The summed E-state index contributed by atoms with van der Waals surface area (Å²) in [6, 6.07) is 23.9. The number of halogens is 1. The number of rotatable bonds is 10. The van der Waals surface area contributed by atoms with Gasteiger partial charge in [-0.05, 0) is 72.5 Å². The van der Waals surface area contributed by atoms with Crippen LogP contribution in [-0.2, 0) is 6.42 Å². The molecule has 0 aliphatic carbocycles. The minimum Gasteiger partial charge on any atom is -0.497 e. The lowest BCUT2D eigenvalue weighted by Crippen LogP contribution is -2.16. The molecule has 0 heterocycles.